The molecule has 1 aliphatic rings. The van der Waals surface area contributed by atoms with Crippen molar-refractivity contribution in [3.63, 3.8) is 0 Å². The summed E-state index contributed by atoms with van der Waals surface area (Å²) in [6.07, 6.45) is 4.67. The molecule has 0 radical (unpaired) electrons. The minimum Gasteiger partial charge on any atom is -0.337 e. The number of piperidine rings is 1. The van der Waals surface area contributed by atoms with Crippen molar-refractivity contribution in [2.75, 3.05) is 18.4 Å². The minimum absolute atomic E-state index is 0.118. The van der Waals surface area contributed by atoms with Crippen LogP contribution in [0.2, 0.25) is 5.02 Å². The number of hydrogen-bond acceptors (Lipinski definition) is 3. The summed E-state index contributed by atoms with van der Waals surface area (Å²) >= 11 is 6.08. The van der Waals surface area contributed by atoms with E-state index in [0.717, 1.165) is 37.9 Å². The van der Waals surface area contributed by atoms with Gasteiger partial charge in [0, 0.05) is 35.6 Å². The molecule has 2 amide bonds. The van der Waals surface area contributed by atoms with Crippen LogP contribution in [0.15, 0.2) is 36.5 Å². The number of hydrogen-bond donors (Lipinski definition) is 1. The van der Waals surface area contributed by atoms with Gasteiger partial charge < -0.3 is 10.2 Å². The first-order chi connectivity index (χ1) is 12.0. The summed E-state index contributed by atoms with van der Waals surface area (Å²) in [6.45, 7) is 3.40. The number of rotatable bonds is 3. The standard InChI is InChI=1S/C19H20ClN3O2/c1-13-5-6-15(12-16(13)20)22-18(24)14-7-8-21-17(11-14)19(25)23-9-3-2-4-10-23/h5-8,11-12H,2-4,9-10H2,1H3,(H,22,24). The molecule has 2 aromatic rings. The van der Waals surface area contributed by atoms with Gasteiger partial charge in [-0.05, 0) is 56.0 Å². The van der Waals surface area contributed by atoms with Crippen LogP contribution in [-0.2, 0) is 0 Å². The number of nitrogens with zero attached hydrogens (tertiary/aromatic N) is 2. The summed E-state index contributed by atoms with van der Waals surface area (Å²) in [5.74, 6) is -0.414. The first-order valence-corrected chi connectivity index (χ1v) is 8.75. The highest BCUT2D eigenvalue weighted by molar-refractivity contribution is 6.31. The molecule has 5 nitrogen and oxygen atoms in total. The van der Waals surface area contributed by atoms with Gasteiger partial charge in [-0.1, -0.05) is 17.7 Å². The molecule has 25 heavy (non-hydrogen) atoms. The molecular weight excluding hydrogens is 338 g/mol. The fourth-order valence-electron chi connectivity index (χ4n) is 2.82. The van der Waals surface area contributed by atoms with Gasteiger partial charge in [0.15, 0.2) is 0 Å². The first kappa shape index (κ1) is 17.4. The predicted molar refractivity (Wildman–Crippen MR) is 98.1 cm³/mol. The largest absolute Gasteiger partial charge is 0.337 e. The smallest absolute Gasteiger partial charge is 0.272 e. The maximum atomic E-state index is 12.5. The second kappa shape index (κ2) is 7.66. The van der Waals surface area contributed by atoms with Crippen LogP contribution >= 0.6 is 11.6 Å². The van der Waals surface area contributed by atoms with Crippen LogP contribution in [0.5, 0.6) is 0 Å². The number of likely N-dealkylation sites (tertiary alicyclic amines) is 1. The first-order valence-electron chi connectivity index (χ1n) is 8.37. The molecule has 6 heteroatoms. The van der Waals surface area contributed by atoms with Crippen molar-refractivity contribution in [3.05, 3.63) is 58.4 Å². The molecule has 0 saturated carbocycles. The second-order valence-electron chi connectivity index (χ2n) is 6.20. The Morgan fingerprint density at radius 3 is 2.60 bits per heavy atom. The Balaban J connectivity index is 1.74. The van der Waals surface area contributed by atoms with Crippen LogP contribution < -0.4 is 5.32 Å². The molecule has 2 heterocycles. The van der Waals surface area contributed by atoms with E-state index in [0.29, 0.717) is 22.0 Å². The zero-order valence-electron chi connectivity index (χ0n) is 14.1. The van der Waals surface area contributed by atoms with Crippen LogP contribution in [0.25, 0.3) is 0 Å². The van der Waals surface area contributed by atoms with Crippen molar-refractivity contribution in [3.8, 4) is 0 Å². The third-order valence-electron chi connectivity index (χ3n) is 4.31. The highest BCUT2D eigenvalue weighted by Gasteiger charge is 2.20. The number of carbonyl (C=O) groups is 2. The molecule has 1 fully saturated rings. The van der Waals surface area contributed by atoms with Gasteiger partial charge in [0.05, 0.1) is 0 Å². The number of benzene rings is 1. The van der Waals surface area contributed by atoms with Gasteiger partial charge in [-0.3, -0.25) is 14.6 Å². The van der Waals surface area contributed by atoms with Crippen LogP contribution in [0.1, 0.15) is 45.7 Å². The number of halogens is 1. The van der Waals surface area contributed by atoms with E-state index in [1.165, 1.54) is 6.20 Å². The lowest BCUT2D eigenvalue weighted by Crippen LogP contribution is -2.36. The molecule has 0 bridgehead atoms. The summed E-state index contributed by atoms with van der Waals surface area (Å²) in [5.41, 5.74) is 2.25. The van der Waals surface area contributed by atoms with Gasteiger partial charge in [-0.25, -0.2) is 0 Å². The summed E-state index contributed by atoms with van der Waals surface area (Å²) in [5, 5.41) is 3.39. The van der Waals surface area contributed by atoms with Gasteiger partial charge in [-0.2, -0.15) is 0 Å². The highest BCUT2D eigenvalue weighted by Crippen LogP contribution is 2.20. The van der Waals surface area contributed by atoms with Gasteiger partial charge in [0.1, 0.15) is 5.69 Å². The SMILES string of the molecule is Cc1ccc(NC(=O)c2ccnc(C(=O)N3CCCCC3)c2)cc1Cl. The normalized spacial score (nSPS) is 14.2. The minimum atomic E-state index is -0.296. The van der Waals surface area contributed by atoms with Crippen molar-refractivity contribution in [2.45, 2.75) is 26.2 Å². The van der Waals surface area contributed by atoms with E-state index in [-0.39, 0.29) is 11.8 Å². The third kappa shape index (κ3) is 4.17. The lowest BCUT2D eigenvalue weighted by Gasteiger charge is -2.26. The van der Waals surface area contributed by atoms with E-state index in [1.54, 1.807) is 29.2 Å². The van der Waals surface area contributed by atoms with E-state index in [1.807, 2.05) is 13.0 Å². The van der Waals surface area contributed by atoms with E-state index in [9.17, 15) is 9.59 Å². The fraction of sp³-hybridized carbons (Fsp3) is 0.316. The number of anilines is 1. The Labute approximate surface area is 152 Å². The second-order valence-corrected chi connectivity index (χ2v) is 6.61. The average Bonchev–Trinajstić information content (AvgIpc) is 2.65. The molecule has 1 saturated heterocycles. The molecule has 0 spiro atoms. The Kier molecular flexibility index (Phi) is 5.34. The molecule has 0 atom stereocenters. The molecular formula is C19H20ClN3O2. The number of amides is 2. The van der Waals surface area contributed by atoms with E-state index in [2.05, 4.69) is 10.3 Å². The topological polar surface area (TPSA) is 62.3 Å². The highest BCUT2D eigenvalue weighted by atomic mass is 35.5. The van der Waals surface area contributed by atoms with Gasteiger partial charge in [0.25, 0.3) is 11.8 Å². The molecule has 1 aromatic carbocycles. The lowest BCUT2D eigenvalue weighted by atomic mass is 10.1. The Morgan fingerprint density at radius 2 is 1.88 bits per heavy atom. The Bertz CT molecular complexity index is 801. The molecule has 1 N–H and O–H groups in total. The van der Waals surface area contributed by atoms with Gasteiger partial charge in [-0.15, -0.1) is 0 Å². The number of nitrogens with one attached hydrogen (secondary N) is 1. The predicted octanol–water partition coefficient (Wildman–Crippen LogP) is 3.92. The fourth-order valence-corrected chi connectivity index (χ4v) is 3.00. The summed E-state index contributed by atoms with van der Waals surface area (Å²) in [7, 11) is 0. The molecule has 130 valence electrons. The third-order valence-corrected chi connectivity index (χ3v) is 4.72. The number of pyridine rings is 1. The van der Waals surface area contributed by atoms with E-state index in [4.69, 9.17) is 11.6 Å². The Hall–Kier alpha value is -2.40. The molecule has 0 unspecified atom stereocenters. The van der Waals surface area contributed by atoms with Gasteiger partial charge in [0.2, 0.25) is 0 Å². The van der Waals surface area contributed by atoms with Crippen LogP contribution in [0, 0.1) is 6.92 Å². The van der Waals surface area contributed by atoms with Crippen molar-refractivity contribution >= 4 is 29.1 Å². The van der Waals surface area contributed by atoms with Crippen molar-refractivity contribution in [2.24, 2.45) is 0 Å². The zero-order chi connectivity index (χ0) is 17.8. The summed E-state index contributed by atoms with van der Waals surface area (Å²) in [6, 6.07) is 8.48. The maximum Gasteiger partial charge on any atom is 0.272 e. The maximum absolute atomic E-state index is 12.5. The van der Waals surface area contributed by atoms with Crippen LogP contribution in [-0.4, -0.2) is 34.8 Å². The van der Waals surface area contributed by atoms with Crippen molar-refractivity contribution in [1.29, 1.82) is 0 Å². The number of carbonyl (C=O) groups excluding carboxylic acids is 2. The molecule has 1 aliphatic heterocycles. The number of aromatic nitrogens is 1. The Morgan fingerprint density at radius 1 is 1.12 bits per heavy atom. The van der Waals surface area contributed by atoms with Crippen LogP contribution in [0.3, 0.4) is 0 Å². The molecule has 0 aliphatic carbocycles. The molecule has 1 aromatic heterocycles. The monoisotopic (exact) mass is 357 g/mol. The van der Waals surface area contributed by atoms with E-state index < -0.39 is 0 Å². The van der Waals surface area contributed by atoms with Crippen LogP contribution in [0.4, 0.5) is 5.69 Å². The van der Waals surface area contributed by atoms with Gasteiger partial charge >= 0.3 is 0 Å². The lowest BCUT2D eigenvalue weighted by molar-refractivity contribution is 0.0718. The quantitative estimate of drug-likeness (QED) is 0.905. The van der Waals surface area contributed by atoms with Crippen molar-refractivity contribution < 1.29 is 9.59 Å². The zero-order valence-corrected chi connectivity index (χ0v) is 14.8. The average molecular weight is 358 g/mol. The number of aryl methyl sites for hydroxylation is 1. The summed E-state index contributed by atoms with van der Waals surface area (Å²) in [4.78, 5) is 30.9. The van der Waals surface area contributed by atoms with Crippen molar-refractivity contribution in [1.82, 2.24) is 9.88 Å². The summed E-state index contributed by atoms with van der Waals surface area (Å²) < 4.78 is 0. The van der Waals surface area contributed by atoms with E-state index >= 15 is 0 Å². The molecule has 3 rings (SSSR count).